The Morgan fingerprint density at radius 1 is 1.32 bits per heavy atom. The first-order valence-corrected chi connectivity index (χ1v) is 7.50. The number of urea groups is 1. The molecule has 0 saturated carbocycles. The number of anilines is 1. The van der Waals surface area contributed by atoms with Crippen molar-refractivity contribution in [3.05, 3.63) is 29.8 Å². The van der Waals surface area contributed by atoms with E-state index in [0.29, 0.717) is 12.1 Å². The zero-order valence-corrected chi connectivity index (χ0v) is 13.7. The number of nitrogens with zero attached hydrogens (tertiary/aromatic N) is 1. The molecule has 5 nitrogen and oxygen atoms in total. The summed E-state index contributed by atoms with van der Waals surface area (Å²) in [5.41, 5.74) is 1.02. The van der Waals surface area contributed by atoms with Crippen LogP contribution in [0.15, 0.2) is 24.3 Å². The number of carbonyl (C=O) groups excluding carboxylic acids is 1. The molecule has 2 amide bonds. The van der Waals surface area contributed by atoms with E-state index in [0.717, 1.165) is 5.56 Å². The minimum absolute atomic E-state index is 0.0427. The summed E-state index contributed by atoms with van der Waals surface area (Å²) in [7, 11) is 0. The van der Waals surface area contributed by atoms with E-state index in [-0.39, 0.29) is 24.6 Å². The third-order valence-corrected chi connectivity index (χ3v) is 3.71. The van der Waals surface area contributed by atoms with Crippen LogP contribution in [0.5, 0.6) is 0 Å². The summed E-state index contributed by atoms with van der Waals surface area (Å²) in [6.45, 7) is 7.74. The summed E-state index contributed by atoms with van der Waals surface area (Å²) < 4.78 is 0. The predicted molar refractivity (Wildman–Crippen MR) is 87.6 cm³/mol. The van der Waals surface area contributed by atoms with E-state index in [1.54, 1.807) is 12.1 Å². The van der Waals surface area contributed by atoms with Gasteiger partial charge in [-0.1, -0.05) is 26.0 Å². The van der Waals surface area contributed by atoms with Gasteiger partial charge in [0.2, 0.25) is 0 Å². The number of nitriles is 1. The average molecular weight is 303 g/mol. The smallest absolute Gasteiger partial charge is 0.319 e. The van der Waals surface area contributed by atoms with Gasteiger partial charge >= 0.3 is 6.03 Å². The van der Waals surface area contributed by atoms with Crippen LogP contribution in [-0.4, -0.2) is 23.8 Å². The Balaban J connectivity index is 2.67. The highest BCUT2D eigenvalue weighted by molar-refractivity contribution is 5.89. The van der Waals surface area contributed by atoms with Gasteiger partial charge in [-0.25, -0.2) is 4.79 Å². The van der Waals surface area contributed by atoms with E-state index in [2.05, 4.69) is 16.7 Å². The van der Waals surface area contributed by atoms with E-state index in [1.165, 1.54) is 0 Å². The molecule has 0 fully saturated rings. The SMILES string of the molecule is CC(C)[C@@H](CCO)NC(=O)Nc1ccc(C(C)(C)C#N)cc1. The number of nitrogens with one attached hydrogen (secondary N) is 2. The number of benzene rings is 1. The van der Waals surface area contributed by atoms with Crippen LogP contribution in [0.25, 0.3) is 0 Å². The van der Waals surface area contributed by atoms with Gasteiger partial charge in [-0.2, -0.15) is 5.26 Å². The summed E-state index contributed by atoms with van der Waals surface area (Å²) in [5.74, 6) is 0.247. The fraction of sp³-hybridized carbons (Fsp3) is 0.529. The summed E-state index contributed by atoms with van der Waals surface area (Å²) >= 11 is 0. The fourth-order valence-electron chi connectivity index (χ4n) is 2.08. The molecular weight excluding hydrogens is 278 g/mol. The van der Waals surface area contributed by atoms with Crippen molar-refractivity contribution in [2.75, 3.05) is 11.9 Å². The summed E-state index contributed by atoms with van der Waals surface area (Å²) in [5, 5.41) is 23.8. The molecule has 0 aliphatic carbocycles. The van der Waals surface area contributed by atoms with Crippen LogP contribution in [0, 0.1) is 17.2 Å². The molecule has 0 aliphatic rings. The monoisotopic (exact) mass is 303 g/mol. The number of aliphatic hydroxyl groups excluding tert-OH is 1. The molecule has 1 rings (SSSR count). The Hall–Kier alpha value is -2.06. The van der Waals surface area contributed by atoms with Crippen molar-refractivity contribution >= 4 is 11.7 Å². The van der Waals surface area contributed by atoms with Crippen molar-refractivity contribution in [3.63, 3.8) is 0 Å². The molecule has 0 spiro atoms. The van der Waals surface area contributed by atoms with Gasteiger partial charge in [0.1, 0.15) is 0 Å². The Labute approximate surface area is 132 Å². The van der Waals surface area contributed by atoms with Gasteiger partial charge < -0.3 is 15.7 Å². The van der Waals surface area contributed by atoms with Gasteiger partial charge in [-0.05, 0) is 43.9 Å². The van der Waals surface area contributed by atoms with Gasteiger partial charge in [0.15, 0.2) is 0 Å². The number of hydrogen-bond donors (Lipinski definition) is 3. The third kappa shape index (κ3) is 5.05. The second-order valence-electron chi connectivity index (χ2n) is 6.28. The van der Waals surface area contributed by atoms with Gasteiger partial charge in [0.25, 0.3) is 0 Å². The lowest BCUT2D eigenvalue weighted by Crippen LogP contribution is -2.41. The topological polar surface area (TPSA) is 85.2 Å². The molecule has 120 valence electrons. The van der Waals surface area contributed by atoms with Crippen molar-refractivity contribution in [1.82, 2.24) is 5.32 Å². The van der Waals surface area contributed by atoms with Crippen LogP contribution in [0.4, 0.5) is 10.5 Å². The quantitative estimate of drug-likeness (QED) is 0.755. The molecule has 1 aromatic rings. The maximum atomic E-state index is 12.0. The predicted octanol–water partition coefficient (Wildman–Crippen LogP) is 3.02. The minimum Gasteiger partial charge on any atom is -0.396 e. The maximum Gasteiger partial charge on any atom is 0.319 e. The second kappa shape index (κ2) is 7.81. The lowest BCUT2D eigenvalue weighted by atomic mass is 9.86. The van der Waals surface area contributed by atoms with Crippen molar-refractivity contribution < 1.29 is 9.90 Å². The van der Waals surface area contributed by atoms with Crippen LogP contribution >= 0.6 is 0 Å². The second-order valence-corrected chi connectivity index (χ2v) is 6.28. The number of rotatable bonds is 6. The number of aliphatic hydroxyl groups is 1. The molecule has 1 atom stereocenters. The van der Waals surface area contributed by atoms with Crippen molar-refractivity contribution in [1.29, 1.82) is 5.26 Å². The van der Waals surface area contributed by atoms with Crippen LogP contribution < -0.4 is 10.6 Å². The molecule has 0 aromatic heterocycles. The molecule has 0 aliphatic heterocycles. The van der Waals surface area contributed by atoms with E-state index in [1.807, 2.05) is 39.8 Å². The third-order valence-electron chi connectivity index (χ3n) is 3.71. The highest BCUT2D eigenvalue weighted by atomic mass is 16.3. The van der Waals surface area contributed by atoms with E-state index < -0.39 is 5.41 Å². The number of amides is 2. The summed E-state index contributed by atoms with van der Waals surface area (Å²) in [6, 6.07) is 9.13. The molecular formula is C17H25N3O2. The first-order valence-electron chi connectivity index (χ1n) is 7.50. The first-order chi connectivity index (χ1) is 10.3. The van der Waals surface area contributed by atoms with Gasteiger partial charge in [-0.3, -0.25) is 0 Å². The lowest BCUT2D eigenvalue weighted by molar-refractivity contribution is 0.227. The zero-order valence-electron chi connectivity index (χ0n) is 13.7. The van der Waals surface area contributed by atoms with Crippen LogP contribution in [0.3, 0.4) is 0 Å². The highest BCUT2D eigenvalue weighted by Gasteiger charge is 2.19. The summed E-state index contributed by atoms with van der Waals surface area (Å²) in [4.78, 5) is 12.0. The molecule has 3 N–H and O–H groups in total. The van der Waals surface area contributed by atoms with E-state index in [9.17, 15) is 4.79 Å². The van der Waals surface area contributed by atoms with Crippen LogP contribution in [0.2, 0.25) is 0 Å². The Bertz CT molecular complexity index is 530. The fourth-order valence-corrected chi connectivity index (χ4v) is 2.08. The van der Waals surface area contributed by atoms with Gasteiger partial charge in [0.05, 0.1) is 11.5 Å². The van der Waals surface area contributed by atoms with E-state index in [4.69, 9.17) is 10.4 Å². The molecule has 0 heterocycles. The number of hydrogen-bond acceptors (Lipinski definition) is 3. The zero-order chi connectivity index (χ0) is 16.8. The normalized spacial score (nSPS) is 12.6. The Morgan fingerprint density at radius 2 is 1.91 bits per heavy atom. The average Bonchev–Trinajstić information content (AvgIpc) is 2.47. The minimum atomic E-state index is -0.551. The standard InChI is InChI=1S/C17H25N3O2/c1-12(2)15(9-10-21)20-16(22)19-14-7-5-13(6-8-14)17(3,4)11-18/h5-8,12,15,21H,9-10H2,1-4H3,(H2,19,20,22)/t15-/m1/s1. The highest BCUT2D eigenvalue weighted by Crippen LogP contribution is 2.23. The van der Waals surface area contributed by atoms with Crippen molar-refractivity contribution in [3.8, 4) is 6.07 Å². The largest absolute Gasteiger partial charge is 0.396 e. The van der Waals surface area contributed by atoms with Crippen LogP contribution in [0.1, 0.15) is 39.7 Å². The Morgan fingerprint density at radius 3 is 2.36 bits per heavy atom. The summed E-state index contributed by atoms with van der Waals surface area (Å²) in [6.07, 6.45) is 0.528. The van der Waals surface area contributed by atoms with Crippen molar-refractivity contribution in [2.45, 2.75) is 45.6 Å². The molecule has 0 bridgehead atoms. The van der Waals surface area contributed by atoms with E-state index >= 15 is 0 Å². The maximum absolute atomic E-state index is 12.0. The molecule has 22 heavy (non-hydrogen) atoms. The molecule has 5 heteroatoms. The molecule has 0 radical (unpaired) electrons. The first kappa shape index (κ1) is 18.0. The van der Waals surface area contributed by atoms with Crippen molar-refractivity contribution in [2.24, 2.45) is 5.92 Å². The molecule has 0 saturated heterocycles. The molecule has 1 aromatic carbocycles. The number of carbonyl (C=O) groups is 1. The van der Waals surface area contributed by atoms with Gasteiger partial charge in [-0.15, -0.1) is 0 Å². The van der Waals surface area contributed by atoms with Crippen LogP contribution in [-0.2, 0) is 5.41 Å². The Kier molecular flexibility index (Phi) is 6.39. The molecule has 0 unspecified atom stereocenters. The lowest BCUT2D eigenvalue weighted by Gasteiger charge is -2.22. The van der Waals surface area contributed by atoms with Gasteiger partial charge in [0, 0.05) is 18.3 Å².